The number of hydrogen-bond donors (Lipinski definition) is 1. The van der Waals surface area contributed by atoms with Crippen molar-refractivity contribution in [2.45, 2.75) is 46.2 Å². The zero-order valence-electron chi connectivity index (χ0n) is 14.8. The number of amides is 1. The Morgan fingerprint density at radius 2 is 1.96 bits per heavy atom. The quantitative estimate of drug-likeness (QED) is 0.931. The molecular weight excluding hydrogens is 286 g/mol. The fraction of sp³-hybridized carbons (Fsp3) is 0.632. The summed E-state index contributed by atoms with van der Waals surface area (Å²) >= 11 is 0. The van der Waals surface area contributed by atoms with Gasteiger partial charge in [0.25, 0.3) is 0 Å². The van der Waals surface area contributed by atoms with E-state index in [4.69, 9.17) is 0 Å². The number of hydrogen-bond acceptors (Lipinski definition) is 3. The van der Waals surface area contributed by atoms with Crippen LogP contribution in [-0.4, -0.2) is 43.0 Å². The summed E-state index contributed by atoms with van der Waals surface area (Å²) < 4.78 is 0. The van der Waals surface area contributed by atoms with Crippen LogP contribution in [0.25, 0.3) is 0 Å². The summed E-state index contributed by atoms with van der Waals surface area (Å²) in [5.41, 5.74) is 3.83. The van der Waals surface area contributed by atoms with E-state index in [1.165, 1.54) is 11.1 Å². The molecule has 4 nitrogen and oxygen atoms in total. The van der Waals surface area contributed by atoms with Gasteiger partial charge in [-0.15, -0.1) is 0 Å². The predicted octanol–water partition coefficient (Wildman–Crippen LogP) is 2.59. The number of piperazine rings is 1. The van der Waals surface area contributed by atoms with E-state index in [1.54, 1.807) is 6.92 Å². The van der Waals surface area contributed by atoms with E-state index in [0.29, 0.717) is 12.0 Å². The highest BCUT2D eigenvalue weighted by Gasteiger charge is 2.31. The van der Waals surface area contributed by atoms with Gasteiger partial charge in [-0.25, -0.2) is 0 Å². The number of rotatable bonds is 3. The van der Waals surface area contributed by atoms with E-state index < -0.39 is 0 Å². The molecule has 2 unspecified atom stereocenters. The Labute approximate surface area is 139 Å². The van der Waals surface area contributed by atoms with Crippen molar-refractivity contribution in [2.24, 2.45) is 5.92 Å². The first kappa shape index (κ1) is 16.5. The van der Waals surface area contributed by atoms with E-state index in [0.717, 1.165) is 38.3 Å². The number of anilines is 1. The zero-order valence-corrected chi connectivity index (χ0v) is 14.8. The SMILES string of the molecule is CC(=O)N1c2ccc(C(C(C)C)N3CCNCC3)cc2CC1C. The van der Waals surface area contributed by atoms with Crippen LogP contribution >= 0.6 is 0 Å². The van der Waals surface area contributed by atoms with Gasteiger partial charge >= 0.3 is 0 Å². The number of carbonyl (C=O) groups excluding carboxylic acids is 1. The molecule has 0 spiro atoms. The van der Waals surface area contributed by atoms with Gasteiger partial charge in [-0.1, -0.05) is 26.0 Å². The van der Waals surface area contributed by atoms with Gasteiger partial charge in [-0.2, -0.15) is 0 Å². The highest BCUT2D eigenvalue weighted by atomic mass is 16.2. The second kappa shape index (κ2) is 6.62. The zero-order chi connectivity index (χ0) is 16.6. The van der Waals surface area contributed by atoms with Gasteiger partial charge in [0.05, 0.1) is 0 Å². The highest BCUT2D eigenvalue weighted by molar-refractivity contribution is 5.94. The molecule has 1 fully saturated rings. The molecule has 23 heavy (non-hydrogen) atoms. The van der Waals surface area contributed by atoms with Crippen molar-refractivity contribution in [3.8, 4) is 0 Å². The molecule has 0 bridgehead atoms. The third kappa shape index (κ3) is 3.15. The summed E-state index contributed by atoms with van der Waals surface area (Å²) in [6.45, 7) is 12.8. The smallest absolute Gasteiger partial charge is 0.224 e. The summed E-state index contributed by atoms with van der Waals surface area (Å²) in [7, 11) is 0. The molecule has 0 aromatic heterocycles. The minimum Gasteiger partial charge on any atom is -0.314 e. The van der Waals surface area contributed by atoms with Crippen LogP contribution in [0, 0.1) is 5.92 Å². The minimum atomic E-state index is 0.145. The molecular formula is C19H29N3O. The minimum absolute atomic E-state index is 0.145. The predicted molar refractivity (Wildman–Crippen MR) is 94.8 cm³/mol. The van der Waals surface area contributed by atoms with Gasteiger partial charge in [0, 0.05) is 50.9 Å². The van der Waals surface area contributed by atoms with Crippen molar-refractivity contribution in [3.63, 3.8) is 0 Å². The Bertz CT molecular complexity index is 578. The van der Waals surface area contributed by atoms with E-state index in [9.17, 15) is 4.79 Å². The lowest BCUT2D eigenvalue weighted by Gasteiger charge is -2.37. The summed E-state index contributed by atoms with van der Waals surface area (Å²) in [5.74, 6) is 0.723. The molecule has 2 atom stereocenters. The van der Waals surface area contributed by atoms with Crippen LogP contribution in [0.15, 0.2) is 18.2 Å². The highest BCUT2D eigenvalue weighted by Crippen LogP contribution is 2.37. The molecule has 1 saturated heterocycles. The normalized spacial score (nSPS) is 23.2. The summed E-state index contributed by atoms with van der Waals surface area (Å²) in [6, 6.07) is 7.48. The Balaban J connectivity index is 1.91. The van der Waals surface area contributed by atoms with Gasteiger partial charge in [0.1, 0.15) is 0 Å². The Hall–Kier alpha value is -1.39. The maximum absolute atomic E-state index is 11.9. The largest absolute Gasteiger partial charge is 0.314 e. The van der Waals surface area contributed by atoms with E-state index >= 15 is 0 Å². The van der Waals surface area contributed by atoms with Crippen molar-refractivity contribution < 1.29 is 4.79 Å². The van der Waals surface area contributed by atoms with Crippen LogP contribution < -0.4 is 10.2 Å². The molecule has 1 N–H and O–H groups in total. The lowest BCUT2D eigenvalue weighted by molar-refractivity contribution is -0.116. The summed E-state index contributed by atoms with van der Waals surface area (Å²) in [5, 5.41) is 3.44. The maximum atomic E-state index is 11.9. The van der Waals surface area contributed by atoms with E-state index in [2.05, 4.69) is 49.2 Å². The molecule has 4 heteroatoms. The summed E-state index contributed by atoms with van der Waals surface area (Å²) in [6.07, 6.45) is 0.967. The van der Waals surface area contributed by atoms with Crippen molar-refractivity contribution in [1.29, 1.82) is 0 Å². The fourth-order valence-electron chi connectivity index (χ4n) is 4.29. The fourth-order valence-corrected chi connectivity index (χ4v) is 4.29. The van der Waals surface area contributed by atoms with Crippen LogP contribution in [0.5, 0.6) is 0 Å². The van der Waals surface area contributed by atoms with Gasteiger partial charge in [0.2, 0.25) is 5.91 Å². The Morgan fingerprint density at radius 3 is 2.57 bits per heavy atom. The van der Waals surface area contributed by atoms with Crippen molar-refractivity contribution in [1.82, 2.24) is 10.2 Å². The number of nitrogens with zero attached hydrogens (tertiary/aromatic N) is 2. The van der Waals surface area contributed by atoms with Crippen LogP contribution in [0.2, 0.25) is 0 Å². The molecule has 1 aromatic rings. The van der Waals surface area contributed by atoms with Gasteiger partial charge in [-0.05, 0) is 36.5 Å². The molecule has 2 aliphatic rings. The maximum Gasteiger partial charge on any atom is 0.224 e. The molecule has 2 heterocycles. The average Bonchev–Trinajstić information content (AvgIpc) is 2.83. The average molecular weight is 315 g/mol. The topological polar surface area (TPSA) is 35.6 Å². The molecule has 1 amide bonds. The van der Waals surface area contributed by atoms with Gasteiger partial charge in [0.15, 0.2) is 0 Å². The molecule has 1 aromatic carbocycles. The third-order valence-corrected chi connectivity index (χ3v) is 5.18. The standard InChI is InChI=1S/C19H29N3O/c1-13(2)19(21-9-7-20-8-10-21)16-5-6-18-17(12-16)11-14(3)22(18)15(4)23/h5-6,12-14,19-20H,7-11H2,1-4H3. The second-order valence-electron chi connectivity index (χ2n) is 7.31. The lowest BCUT2D eigenvalue weighted by Crippen LogP contribution is -2.46. The van der Waals surface area contributed by atoms with Crippen molar-refractivity contribution in [3.05, 3.63) is 29.3 Å². The van der Waals surface area contributed by atoms with Gasteiger partial charge in [-0.3, -0.25) is 9.69 Å². The molecule has 0 saturated carbocycles. The monoisotopic (exact) mass is 315 g/mol. The molecule has 2 aliphatic heterocycles. The molecule has 0 aliphatic carbocycles. The van der Waals surface area contributed by atoms with Gasteiger partial charge < -0.3 is 10.2 Å². The summed E-state index contributed by atoms with van der Waals surface area (Å²) in [4.78, 5) is 16.4. The number of benzene rings is 1. The second-order valence-corrected chi connectivity index (χ2v) is 7.31. The number of carbonyl (C=O) groups is 1. The van der Waals surface area contributed by atoms with Crippen molar-refractivity contribution >= 4 is 11.6 Å². The first-order chi connectivity index (χ1) is 11.0. The Morgan fingerprint density at radius 1 is 1.26 bits per heavy atom. The molecule has 126 valence electrons. The van der Waals surface area contributed by atoms with Crippen LogP contribution in [0.1, 0.15) is 44.9 Å². The van der Waals surface area contributed by atoms with E-state index in [1.807, 2.05) is 4.90 Å². The number of nitrogens with one attached hydrogen (secondary N) is 1. The number of fused-ring (bicyclic) bond motifs is 1. The van der Waals surface area contributed by atoms with Crippen LogP contribution in [0.4, 0.5) is 5.69 Å². The van der Waals surface area contributed by atoms with Crippen molar-refractivity contribution in [2.75, 3.05) is 31.1 Å². The Kier molecular flexibility index (Phi) is 4.74. The molecule has 3 rings (SSSR count). The first-order valence-electron chi connectivity index (χ1n) is 8.86. The third-order valence-electron chi connectivity index (χ3n) is 5.18. The van der Waals surface area contributed by atoms with Crippen LogP contribution in [0.3, 0.4) is 0 Å². The first-order valence-corrected chi connectivity index (χ1v) is 8.86. The molecule has 0 radical (unpaired) electrons. The lowest BCUT2D eigenvalue weighted by atomic mass is 9.92. The van der Waals surface area contributed by atoms with Crippen LogP contribution in [-0.2, 0) is 11.2 Å². The van der Waals surface area contributed by atoms with E-state index in [-0.39, 0.29) is 11.9 Å².